The number of nitrogens with zero attached hydrogens (tertiary/aromatic N) is 2. The summed E-state index contributed by atoms with van der Waals surface area (Å²) in [5, 5.41) is 13.4. The van der Waals surface area contributed by atoms with E-state index in [2.05, 4.69) is 15.3 Å². The summed E-state index contributed by atoms with van der Waals surface area (Å²) < 4.78 is 33.7. The Morgan fingerprint density at radius 1 is 1.09 bits per heavy atom. The topological polar surface area (TPSA) is 84.3 Å². The second-order valence-corrected chi connectivity index (χ2v) is 7.66. The highest BCUT2D eigenvalue weighted by atomic mass is 19.1. The van der Waals surface area contributed by atoms with Crippen LogP contribution in [0.4, 0.5) is 14.6 Å². The standard InChI is InChI=1S/C24H17F2N3O3.H2/c25-17-2-1-3-18(13-17)32-22-20-15(8-11-27-22)12-19(26)28-21(20)29-24(9-10-24)16-6-4-14(5-7-16)23(30)31;/h1-8,11-13H,9-10H2,(H,28,29)(H,30,31);1H. The van der Waals surface area contributed by atoms with Crippen molar-refractivity contribution in [3.8, 4) is 11.6 Å². The predicted octanol–water partition coefficient (Wildman–Crippen LogP) is 5.75. The lowest BCUT2D eigenvalue weighted by Crippen LogP contribution is -2.20. The van der Waals surface area contributed by atoms with Crippen LogP contribution in [0, 0.1) is 11.8 Å². The Hall–Kier alpha value is -4.07. The Bertz CT molecular complexity index is 1340. The van der Waals surface area contributed by atoms with Gasteiger partial charge in [-0.1, -0.05) is 18.2 Å². The fourth-order valence-electron chi connectivity index (χ4n) is 3.72. The number of hydrogen-bond donors (Lipinski definition) is 2. The van der Waals surface area contributed by atoms with Crippen LogP contribution >= 0.6 is 0 Å². The van der Waals surface area contributed by atoms with Gasteiger partial charge < -0.3 is 15.2 Å². The molecule has 0 unspecified atom stereocenters. The molecule has 0 spiro atoms. The normalized spacial score (nSPS) is 14.2. The molecule has 162 valence electrons. The Kier molecular flexibility index (Phi) is 4.70. The summed E-state index contributed by atoms with van der Waals surface area (Å²) in [6.45, 7) is 0. The van der Waals surface area contributed by atoms with Crippen LogP contribution in [0.15, 0.2) is 66.9 Å². The molecule has 32 heavy (non-hydrogen) atoms. The summed E-state index contributed by atoms with van der Waals surface area (Å²) >= 11 is 0. The molecule has 1 aliphatic carbocycles. The fourth-order valence-corrected chi connectivity index (χ4v) is 3.72. The molecule has 4 aromatic rings. The van der Waals surface area contributed by atoms with Crippen molar-refractivity contribution in [2.24, 2.45) is 0 Å². The number of halogens is 2. The van der Waals surface area contributed by atoms with Gasteiger partial charge in [0, 0.05) is 19.8 Å². The summed E-state index contributed by atoms with van der Waals surface area (Å²) in [6, 6.07) is 15.1. The zero-order valence-corrected chi connectivity index (χ0v) is 16.7. The van der Waals surface area contributed by atoms with Crippen molar-refractivity contribution in [2.75, 3.05) is 5.32 Å². The van der Waals surface area contributed by atoms with E-state index in [4.69, 9.17) is 9.84 Å². The Balaban J connectivity index is 0.00000259. The second-order valence-electron chi connectivity index (χ2n) is 7.66. The van der Waals surface area contributed by atoms with Gasteiger partial charge >= 0.3 is 5.97 Å². The van der Waals surface area contributed by atoms with E-state index < -0.39 is 23.3 Å². The first-order valence-corrected chi connectivity index (χ1v) is 9.94. The second kappa shape index (κ2) is 7.56. The van der Waals surface area contributed by atoms with Gasteiger partial charge in [0.05, 0.1) is 16.5 Å². The van der Waals surface area contributed by atoms with Crippen molar-refractivity contribution in [3.63, 3.8) is 0 Å². The SMILES string of the molecule is O=C(O)c1ccc(C2(Nc3nc(F)cc4ccnc(Oc5cccc(F)c5)c34)CC2)cc1.[HH]. The third-order valence-corrected chi connectivity index (χ3v) is 5.48. The zero-order chi connectivity index (χ0) is 22.3. The van der Waals surface area contributed by atoms with Crippen molar-refractivity contribution >= 4 is 22.6 Å². The number of aromatic nitrogens is 2. The summed E-state index contributed by atoms with van der Waals surface area (Å²) in [4.78, 5) is 19.5. The van der Waals surface area contributed by atoms with E-state index >= 15 is 0 Å². The molecule has 5 rings (SSSR count). The molecule has 8 heteroatoms. The molecule has 0 aliphatic heterocycles. The first-order chi connectivity index (χ1) is 15.4. The van der Waals surface area contributed by atoms with Crippen LogP contribution in [-0.2, 0) is 5.54 Å². The maximum atomic E-state index is 14.3. The molecule has 2 aromatic carbocycles. The van der Waals surface area contributed by atoms with E-state index in [0.717, 1.165) is 18.4 Å². The number of fused-ring (bicyclic) bond motifs is 1. The number of pyridine rings is 2. The lowest BCUT2D eigenvalue weighted by Gasteiger charge is -2.21. The highest BCUT2D eigenvalue weighted by Gasteiger charge is 2.45. The number of carbonyl (C=O) groups is 1. The monoisotopic (exact) mass is 435 g/mol. The van der Waals surface area contributed by atoms with Crippen molar-refractivity contribution < 1.29 is 24.8 Å². The van der Waals surface area contributed by atoms with Crippen LogP contribution in [-0.4, -0.2) is 21.0 Å². The van der Waals surface area contributed by atoms with Gasteiger partial charge in [0.25, 0.3) is 0 Å². The molecule has 6 nitrogen and oxygen atoms in total. The average molecular weight is 435 g/mol. The molecule has 0 saturated heterocycles. The Labute approximate surface area is 183 Å². The number of carboxylic acids is 1. The summed E-state index contributed by atoms with van der Waals surface area (Å²) in [6.07, 6.45) is 3.01. The third-order valence-electron chi connectivity index (χ3n) is 5.48. The van der Waals surface area contributed by atoms with Gasteiger partial charge in [-0.05, 0) is 54.1 Å². The van der Waals surface area contributed by atoms with Crippen LogP contribution in [0.3, 0.4) is 0 Å². The van der Waals surface area contributed by atoms with Crippen LogP contribution in [0.1, 0.15) is 30.2 Å². The lowest BCUT2D eigenvalue weighted by atomic mass is 10.0. The largest absolute Gasteiger partial charge is 0.478 e. The zero-order valence-electron chi connectivity index (χ0n) is 16.7. The number of benzene rings is 2. The van der Waals surface area contributed by atoms with Crippen molar-refractivity contribution in [3.05, 3.63) is 89.8 Å². The van der Waals surface area contributed by atoms with Gasteiger partial charge in [-0.25, -0.2) is 19.2 Å². The number of ether oxygens (including phenoxy) is 1. The molecule has 2 aromatic heterocycles. The minimum atomic E-state index is -1.00. The number of carboxylic acid groups (broad SMARTS) is 1. The van der Waals surface area contributed by atoms with E-state index in [1.165, 1.54) is 42.6 Å². The molecule has 1 aliphatic rings. The minimum absolute atomic E-state index is 0. The van der Waals surface area contributed by atoms with E-state index in [9.17, 15) is 13.6 Å². The molecule has 1 fully saturated rings. The Morgan fingerprint density at radius 2 is 1.88 bits per heavy atom. The molecule has 0 radical (unpaired) electrons. The van der Waals surface area contributed by atoms with Crippen LogP contribution in [0.25, 0.3) is 10.8 Å². The average Bonchev–Trinajstić information content (AvgIpc) is 3.54. The van der Waals surface area contributed by atoms with Gasteiger partial charge in [0.2, 0.25) is 11.8 Å². The van der Waals surface area contributed by atoms with Gasteiger partial charge in [-0.15, -0.1) is 0 Å². The first kappa shape index (κ1) is 19.9. The number of aromatic carboxylic acids is 1. The molecule has 0 bridgehead atoms. The van der Waals surface area contributed by atoms with Gasteiger partial charge in [0.1, 0.15) is 17.4 Å². The molecule has 1 saturated carbocycles. The van der Waals surface area contributed by atoms with Crippen molar-refractivity contribution in [1.82, 2.24) is 9.97 Å². The number of rotatable bonds is 6. The molecule has 0 atom stereocenters. The van der Waals surface area contributed by atoms with Crippen molar-refractivity contribution in [1.29, 1.82) is 0 Å². The maximum absolute atomic E-state index is 14.3. The van der Waals surface area contributed by atoms with E-state index in [1.54, 1.807) is 24.3 Å². The molecule has 2 heterocycles. The lowest BCUT2D eigenvalue weighted by molar-refractivity contribution is 0.0697. The van der Waals surface area contributed by atoms with Crippen LogP contribution in [0.5, 0.6) is 11.6 Å². The third kappa shape index (κ3) is 3.71. The van der Waals surface area contributed by atoms with E-state index in [1.807, 2.05) is 0 Å². The van der Waals surface area contributed by atoms with Gasteiger partial charge in [0.15, 0.2) is 0 Å². The summed E-state index contributed by atoms with van der Waals surface area (Å²) in [5.74, 6) is -1.45. The summed E-state index contributed by atoms with van der Waals surface area (Å²) in [5.41, 5.74) is 0.559. The highest BCUT2D eigenvalue weighted by Crippen LogP contribution is 2.49. The highest BCUT2D eigenvalue weighted by molar-refractivity contribution is 5.96. The quantitative estimate of drug-likeness (QED) is 0.376. The van der Waals surface area contributed by atoms with Gasteiger partial charge in [-0.2, -0.15) is 4.39 Å². The van der Waals surface area contributed by atoms with Gasteiger partial charge in [-0.3, -0.25) is 0 Å². The van der Waals surface area contributed by atoms with E-state index in [-0.39, 0.29) is 24.4 Å². The number of nitrogens with one attached hydrogen (secondary N) is 1. The molecule has 0 amide bonds. The maximum Gasteiger partial charge on any atom is 0.335 e. The molecular weight excluding hydrogens is 416 g/mol. The minimum Gasteiger partial charge on any atom is -0.478 e. The van der Waals surface area contributed by atoms with Crippen LogP contribution in [0.2, 0.25) is 0 Å². The van der Waals surface area contributed by atoms with Crippen LogP contribution < -0.4 is 10.1 Å². The fraction of sp³-hybridized carbons (Fsp3) is 0.125. The predicted molar refractivity (Wildman–Crippen MR) is 116 cm³/mol. The van der Waals surface area contributed by atoms with E-state index in [0.29, 0.717) is 10.8 Å². The number of anilines is 1. The number of hydrogen-bond acceptors (Lipinski definition) is 5. The summed E-state index contributed by atoms with van der Waals surface area (Å²) in [7, 11) is 0. The Morgan fingerprint density at radius 3 is 2.56 bits per heavy atom. The van der Waals surface area contributed by atoms with Crippen molar-refractivity contribution in [2.45, 2.75) is 18.4 Å². The molecule has 2 N–H and O–H groups in total. The molecular formula is C24H19F2N3O3. The smallest absolute Gasteiger partial charge is 0.335 e. The first-order valence-electron chi connectivity index (χ1n) is 9.94.